The standard InChI is InChI=1S/C13H15NS3/c1-9-3-5-11(6-4-9)16-8-13-14-10(2)12(7-15)17-13/h3-6,15H,7-8H2,1-2H3. The van der Waals surface area contributed by atoms with Gasteiger partial charge in [-0.2, -0.15) is 12.6 Å². The quantitative estimate of drug-likeness (QED) is 0.655. The molecule has 1 heterocycles. The number of thiol groups is 1. The summed E-state index contributed by atoms with van der Waals surface area (Å²) >= 11 is 7.92. The summed E-state index contributed by atoms with van der Waals surface area (Å²) in [5, 5.41) is 1.19. The second-order valence-corrected chi connectivity index (χ2v) is 6.41. The number of thioether (sulfide) groups is 1. The van der Waals surface area contributed by atoms with Gasteiger partial charge in [-0.15, -0.1) is 23.1 Å². The largest absolute Gasteiger partial charge is 0.245 e. The van der Waals surface area contributed by atoms with E-state index in [1.807, 2.05) is 11.8 Å². The second kappa shape index (κ2) is 5.94. The summed E-state index contributed by atoms with van der Waals surface area (Å²) < 4.78 is 0. The molecule has 17 heavy (non-hydrogen) atoms. The average Bonchev–Trinajstić information content (AvgIpc) is 2.69. The van der Waals surface area contributed by atoms with E-state index in [2.05, 4.69) is 55.7 Å². The van der Waals surface area contributed by atoms with Crippen molar-refractivity contribution in [1.29, 1.82) is 0 Å². The van der Waals surface area contributed by atoms with Crippen molar-refractivity contribution < 1.29 is 0 Å². The molecule has 0 unspecified atom stereocenters. The molecule has 0 spiro atoms. The van der Waals surface area contributed by atoms with Crippen LogP contribution in [-0.2, 0) is 11.5 Å². The minimum Gasteiger partial charge on any atom is -0.245 e. The number of benzene rings is 1. The number of thiazole rings is 1. The van der Waals surface area contributed by atoms with Crippen LogP contribution in [0.15, 0.2) is 29.2 Å². The van der Waals surface area contributed by atoms with Crippen LogP contribution >= 0.6 is 35.7 Å². The molecule has 0 amide bonds. The molecule has 0 saturated heterocycles. The zero-order chi connectivity index (χ0) is 12.3. The Kier molecular flexibility index (Phi) is 4.54. The first-order valence-corrected chi connectivity index (χ1v) is 7.88. The Morgan fingerprint density at radius 3 is 2.53 bits per heavy atom. The van der Waals surface area contributed by atoms with Crippen molar-refractivity contribution >= 4 is 35.7 Å². The van der Waals surface area contributed by atoms with E-state index in [1.54, 1.807) is 11.3 Å². The van der Waals surface area contributed by atoms with Gasteiger partial charge in [0.2, 0.25) is 0 Å². The van der Waals surface area contributed by atoms with Crippen LogP contribution in [0.1, 0.15) is 21.1 Å². The summed E-state index contributed by atoms with van der Waals surface area (Å²) in [6.07, 6.45) is 0. The van der Waals surface area contributed by atoms with Crippen molar-refractivity contribution in [2.75, 3.05) is 0 Å². The van der Waals surface area contributed by atoms with Gasteiger partial charge in [0.25, 0.3) is 0 Å². The van der Waals surface area contributed by atoms with Gasteiger partial charge >= 0.3 is 0 Å². The minimum atomic E-state index is 0.790. The third-order valence-corrected chi connectivity index (χ3v) is 5.36. The number of aromatic nitrogens is 1. The van der Waals surface area contributed by atoms with Gasteiger partial charge in [0, 0.05) is 15.5 Å². The smallest absolute Gasteiger partial charge is 0.103 e. The maximum Gasteiger partial charge on any atom is 0.103 e. The van der Waals surface area contributed by atoms with Gasteiger partial charge in [-0.3, -0.25) is 0 Å². The Hall–Kier alpha value is -0.450. The summed E-state index contributed by atoms with van der Waals surface area (Å²) in [7, 11) is 0. The number of hydrogen-bond donors (Lipinski definition) is 1. The first-order chi connectivity index (χ1) is 8.19. The van der Waals surface area contributed by atoms with E-state index in [1.165, 1.54) is 20.3 Å². The Morgan fingerprint density at radius 1 is 1.24 bits per heavy atom. The SMILES string of the molecule is Cc1ccc(SCc2nc(C)c(CS)s2)cc1. The molecular formula is C13H15NS3. The highest BCUT2D eigenvalue weighted by atomic mass is 32.2. The fourth-order valence-electron chi connectivity index (χ4n) is 1.48. The van der Waals surface area contributed by atoms with Gasteiger partial charge < -0.3 is 0 Å². The van der Waals surface area contributed by atoms with E-state index in [0.29, 0.717) is 0 Å². The number of rotatable bonds is 4. The van der Waals surface area contributed by atoms with Crippen molar-refractivity contribution in [3.8, 4) is 0 Å². The van der Waals surface area contributed by atoms with Crippen molar-refractivity contribution in [2.45, 2.75) is 30.2 Å². The van der Waals surface area contributed by atoms with Crippen LogP contribution in [0.4, 0.5) is 0 Å². The maximum atomic E-state index is 4.56. The molecule has 1 nitrogen and oxygen atoms in total. The number of aryl methyl sites for hydroxylation is 2. The van der Waals surface area contributed by atoms with E-state index in [4.69, 9.17) is 0 Å². The minimum absolute atomic E-state index is 0.790. The van der Waals surface area contributed by atoms with Crippen LogP contribution in [0.25, 0.3) is 0 Å². The van der Waals surface area contributed by atoms with Crippen molar-refractivity contribution in [1.82, 2.24) is 4.98 Å². The molecule has 90 valence electrons. The lowest BCUT2D eigenvalue weighted by molar-refractivity contribution is 1.16. The average molecular weight is 281 g/mol. The van der Waals surface area contributed by atoms with Gasteiger partial charge in [-0.1, -0.05) is 17.7 Å². The zero-order valence-electron chi connectivity index (χ0n) is 9.93. The lowest BCUT2D eigenvalue weighted by atomic mass is 10.2. The molecule has 0 saturated carbocycles. The molecule has 1 aromatic heterocycles. The van der Waals surface area contributed by atoms with Crippen LogP contribution in [0.5, 0.6) is 0 Å². The summed E-state index contributed by atoms with van der Waals surface area (Å²) in [5.41, 5.74) is 2.43. The molecule has 2 rings (SSSR count). The number of hydrogen-bond acceptors (Lipinski definition) is 4. The summed E-state index contributed by atoms with van der Waals surface area (Å²) in [4.78, 5) is 7.15. The molecular weight excluding hydrogens is 266 g/mol. The first-order valence-electron chi connectivity index (χ1n) is 5.44. The molecule has 2 aromatic rings. The zero-order valence-corrected chi connectivity index (χ0v) is 12.5. The fourth-order valence-corrected chi connectivity index (χ4v) is 3.72. The van der Waals surface area contributed by atoms with E-state index < -0.39 is 0 Å². The first kappa shape index (κ1) is 13.0. The highest BCUT2D eigenvalue weighted by Crippen LogP contribution is 2.27. The lowest BCUT2D eigenvalue weighted by Crippen LogP contribution is -1.80. The Labute approximate surface area is 116 Å². The molecule has 0 aliphatic carbocycles. The van der Waals surface area contributed by atoms with Crippen LogP contribution < -0.4 is 0 Å². The van der Waals surface area contributed by atoms with Crippen LogP contribution in [0.3, 0.4) is 0 Å². The van der Waals surface area contributed by atoms with E-state index in [9.17, 15) is 0 Å². The van der Waals surface area contributed by atoms with Gasteiger partial charge in [0.05, 0.1) is 11.4 Å². The molecule has 0 radical (unpaired) electrons. The second-order valence-electron chi connectivity index (χ2n) is 3.88. The Bertz CT molecular complexity index is 488. The molecule has 0 aliphatic rings. The monoisotopic (exact) mass is 281 g/mol. The number of nitrogens with zero attached hydrogens (tertiary/aromatic N) is 1. The van der Waals surface area contributed by atoms with Gasteiger partial charge in [0.1, 0.15) is 5.01 Å². The molecule has 0 bridgehead atoms. The molecule has 0 atom stereocenters. The third kappa shape index (κ3) is 3.50. The molecule has 0 N–H and O–H groups in total. The van der Waals surface area contributed by atoms with Crippen LogP contribution in [0, 0.1) is 13.8 Å². The van der Waals surface area contributed by atoms with Gasteiger partial charge in [-0.25, -0.2) is 4.98 Å². The van der Waals surface area contributed by atoms with Crippen molar-refractivity contribution in [3.05, 3.63) is 45.4 Å². The van der Waals surface area contributed by atoms with Gasteiger partial charge in [-0.05, 0) is 26.0 Å². The molecule has 0 fully saturated rings. The summed E-state index contributed by atoms with van der Waals surface area (Å²) in [6, 6.07) is 8.63. The summed E-state index contributed by atoms with van der Waals surface area (Å²) in [5.74, 6) is 1.74. The molecule has 4 heteroatoms. The van der Waals surface area contributed by atoms with E-state index in [0.717, 1.165) is 17.2 Å². The van der Waals surface area contributed by atoms with Crippen LogP contribution in [-0.4, -0.2) is 4.98 Å². The Morgan fingerprint density at radius 2 is 1.94 bits per heavy atom. The van der Waals surface area contributed by atoms with E-state index >= 15 is 0 Å². The van der Waals surface area contributed by atoms with E-state index in [-0.39, 0.29) is 0 Å². The fraction of sp³-hybridized carbons (Fsp3) is 0.308. The maximum absolute atomic E-state index is 4.56. The highest BCUT2D eigenvalue weighted by molar-refractivity contribution is 7.98. The van der Waals surface area contributed by atoms with Crippen LogP contribution in [0.2, 0.25) is 0 Å². The topological polar surface area (TPSA) is 12.9 Å². The lowest BCUT2D eigenvalue weighted by Gasteiger charge is -1.99. The predicted octanol–water partition coefficient (Wildman–Crippen LogP) is 4.48. The third-order valence-electron chi connectivity index (χ3n) is 2.46. The van der Waals surface area contributed by atoms with Gasteiger partial charge in [0.15, 0.2) is 0 Å². The highest BCUT2D eigenvalue weighted by Gasteiger charge is 2.06. The van der Waals surface area contributed by atoms with Crippen molar-refractivity contribution in [3.63, 3.8) is 0 Å². The molecule has 0 aliphatic heterocycles. The normalized spacial score (nSPS) is 10.8. The molecule has 1 aromatic carbocycles. The Balaban J connectivity index is 1.99. The van der Waals surface area contributed by atoms with Crippen molar-refractivity contribution in [2.24, 2.45) is 0 Å². The summed E-state index contributed by atoms with van der Waals surface area (Å²) in [6.45, 7) is 4.17. The predicted molar refractivity (Wildman–Crippen MR) is 80.3 cm³/mol.